The number of fused-ring (bicyclic) bond motifs is 1. The first-order valence-corrected chi connectivity index (χ1v) is 8.08. The Morgan fingerprint density at radius 2 is 0.889 bits per heavy atom. The lowest BCUT2D eigenvalue weighted by molar-refractivity contribution is 0.381. The van der Waals surface area contributed by atoms with Gasteiger partial charge in [-0.1, -0.05) is 60.7 Å². The number of rotatable bonds is 2. The quantitative estimate of drug-likeness (QED) is 0.205. The molecule has 0 aliphatic heterocycles. The Morgan fingerprint density at radius 3 is 1.52 bits per heavy atom. The molecule has 0 unspecified atom stereocenters. The standard InChI is InChI=1S/C22H11F5/c23-18-17(19(24)21(26)22(27)20(18)25)14-8-5-13(6-9-14)16-10-7-12-3-1-2-4-15(12)11-16/h1-11H. The molecule has 0 saturated heterocycles. The van der Waals surface area contributed by atoms with Crippen LogP contribution < -0.4 is 0 Å². The average molecular weight is 370 g/mol. The van der Waals surface area contributed by atoms with Gasteiger partial charge in [-0.05, 0) is 33.5 Å². The van der Waals surface area contributed by atoms with Crippen molar-refractivity contribution in [3.05, 3.63) is 95.8 Å². The number of benzene rings is 4. The molecule has 4 rings (SSSR count). The maximum absolute atomic E-state index is 14.0. The highest BCUT2D eigenvalue weighted by atomic mass is 19.2. The molecule has 0 N–H and O–H groups in total. The zero-order valence-corrected chi connectivity index (χ0v) is 13.7. The summed E-state index contributed by atoms with van der Waals surface area (Å²) in [6.45, 7) is 0. The Labute approximate surface area is 151 Å². The van der Waals surface area contributed by atoms with Crippen molar-refractivity contribution in [1.82, 2.24) is 0 Å². The van der Waals surface area contributed by atoms with Crippen LogP contribution in [0.15, 0.2) is 66.7 Å². The molecular weight excluding hydrogens is 359 g/mol. The van der Waals surface area contributed by atoms with E-state index in [-0.39, 0.29) is 5.56 Å². The summed E-state index contributed by atoms with van der Waals surface area (Å²) < 4.78 is 68.0. The lowest BCUT2D eigenvalue weighted by atomic mass is 9.97. The topological polar surface area (TPSA) is 0 Å². The molecule has 0 saturated carbocycles. The van der Waals surface area contributed by atoms with Gasteiger partial charge in [-0.25, -0.2) is 22.0 Å². The molecule has 0 atom stereocenters. The zero-order chi connectivity index (χ0) is 19.1. The zero-order valence-electron chi connectivity index (χ0n) is 13.7. The van der Waals surface area contributed by atoms with Gasteiger partial charge in [0.2, 0.25) is 5.82 Å². The Hall–Kier alpha value is -3.21. The summed E-state index contributed by atoms with van der Waals surface area (Å²) in [5, 5.41) is 2.10. The van der Waals surface area contributed by atoms with E-state index in [0.717, 1.165) is 21.9 Å². The van der Waals surface area contributed by atoms with Gasteiger partial charge in [0, 0.05) is 0 Å². The van der Waals surface area contributed by atoms with Crippen LogP contribution >= 0.6 is 0 Å². The molecule has 0 radical (unpaired) electrons. The van der Waals surface area contributed by atoms with Crippen molar-refractivity contribution >= 4 is 10.8 Å². The molecule has 4 aromatic carbocycles. The van der Waals surface area contributed by atoms with Crippen molar-refractivity contribution < 1.29 is 22.0 Å². The minimum Gasteiger partial charge on any atom is -0.203 e. The molecule has 4 aromatic rings. The van der Waals surface area contributed by atoms with Gasteiger partial charge >= 0.3 is 0 Å². The van der Waals surface area contributed by atoms with Crippen molar-refractivity contribution in [3.8, 4) is 22.3 Å². The predicted molar refractivity (Wildman–Crippen MR) is 94.6 cm³/mol. The normalized spacial score (nSPS) is 11.1. The van der Waals surface area contributed by atoms with E-state index in [1.165, 1.54) is 12.1 Å². The molecule has 0 fully saturated rings. The molecule has 0 amide bonds. The molecule has 0 heterocycles. The molecule has 0 spiro atoms. The second-order valence-corrected chi connectivity index (χ2v) is 6.08. The molecule has 134 valence electrons. The van der Waals surface area contributed by atoms with Crippen LogP contribution in [0.1, 0.15) is 0 Å². The number of halogens is 5. The Kier molecular flexibility index (Phi) is 4.15. The third-order valence-corrected chi connectivity index (χ3v) is 4.47. The van der Waals surface area contributed by atoms with E-state index in [0.29, 0.717) is 0 Å². The highest BCUT2D eigenvalue weighted by Gasteiger charge is 2.26. The summed E-state index contributed by atoms with van der Waals surface area (Å²) in [6, 6.07) is 19.4. The van der Waals surface area contributed by atoms with Gasteiger partial charge in [-0.3, -0.25) is 0 Å². The lowest BCUT2D eigenvalue weighted by Gasteiger charge is -2.10. The molecule has 5 heteroatoms. The van der Waals surface area contributed by atoms with Gasteiger partial charge in [-0.15, -0.1) is 0 Å². The Bertz CT molecular complexity index is 1130. The van der Waals surface area contributed by atoms with E-state index in [1.54, 1.807) is 12.1 Å². The van der Waals surface area contributed by atoms with Gasteiger partial charge in [0.05, 0.1) is 5.56 Å². The summed E-state index contributed by atoms with van der Waals surface area (Å²) in [7, 11) is 0. The molecular formula is C22H11F5. The predicted octanol–water partition coefficient (Wildman–Crippen LogP) is 6.87. The van der Waals surface area contributed by atoms with Crippen LogP contribution in [0.3, 0.4) is 0 Å². The van der Waals surface area contributed by atoms with E-state index in [4.69, 9.17) is 0 Å². The highest BCUT2D eigenvalue weighted by molar-refractivity contribution is 5.87. The van der Waals surface area contributed by atoms with Crippen LogP contribution in [0.2, 0.25) is 0 Å². The first kappa shape index (κ1) is 17.2. The van der Waals surface area contributed by atoms with Crippen LogP contribution in [-0.4, -0.2) is 0 Å². The van der Waals surface area contributed by atoms with Crippen LogP contribution in [0.5, 0.6) is 0 Å². The van der Waals surface area contributed by atoms with Crippen molar-refractivity contribution in [2.45, 2.75) is 0 Å². The van der Waals surface area contributed by atoms with Gasteiger partial charge in [0.25, 0.3) is 0 Å². The monoisotopic (exact) mass is 370 g/mol. The van der Waals surface area contributed by atoms with Gasteiger partial charge in [0.1, 0.15) is 0 Å². The summed E-state index contributed by atoms with van der Waals surface area (Å²) in [6.07, 6.45) is 0. The third kappa shape index (κ3) is 2.85. The van der Waals surface area contributed by atoms with E-state index >= 15 is 0 Å². The van der Waals surface area contributed by atoms with Gasteiger partial charge in [0.15, 0.2) is 23.3 Å². The summed E-state index contributed by atoms with van der Waals surface area (Å²) in [5.74, 6) is -9.76. The minimum atomic E-state index is -2.17. The minimum absolute atomic E-state index is 0.0904. The summed E-state index contributed by atoms with van der Waals surface area (Å²) in [4.78, 5) is 0. The van der Waals surface area contributed by atoms with Crippen molar-refractivity contribution in [1.29, 1.82) is 0 Å². The maximum atomic E-state index is 14.0. The van der Waals surface area contributed by atoms with E-state index in [9.17, 15) is 22.0 Å². The van der Waals surface area contributed by atoms with Crippen LogP contribution in [0, 0.1) is 29.1 Å². The second-order valence-electron chi connectivity index (χ2n) is 6.08. The maximum Gasteiger partial charge on any atom is 0.200 e. The Balaban J connectivity index is 1.79. The van der Waals surface area contributed by atoms with E-state index in [1.807, 2.05) is 42.5 Å². The van der Waals surface area contributed by atoms with Crippen molar-refractivity contribution in [2.75, 3.05) is 0 Å². The first-order chi connectivity index (χ1) is 13.0. The number of hydrogen-bond acceptors (Lipinski definition) is 0. The SMILES string of the molecule is Fc1c(F)c(F)c(-c2ccc(-c3ccc4ccccc4c3)cc2)c(F)c1F. The molecule has 0 aromatic heterocycles. The van der Waals surface area contributed by atoms with Crippen LogP contribution in [-0.2, 0) is 0 Å². The largest absolute Gasteiger partial charge is 0.203 e. The molecule has 0 bridgehead atoms. The van der Waals surface area contributed by atoms with Gasteiger partial charge < -0.3 is 0 Å². The van der Waals surface area contributed by atoms with Crippen LogP contribution in [0.25, 0.3) is 33.0 Å². The highest BCUT2D eigenvalue weighted by Crippen LogP contribution is 2.33. The molecule has 0 nitrogen and oxygen atoms in total. The average Bonchev–Trinajstić information content (AvgIpc) is 2.71. The van der Waals surface area contributed by atoms with E-state index in [2.05, 4.69) is 0 Å². The number of hydrogen-bond donors (Lipinski definition) is 0. The first-order valence-electron chi connectivity index (χ1n) is 8.08. The van der Waals surface area contributed by atoms with E-state index < -0.39 is 34.6 Å². The fourth-order valence-corrected chi connectivity index (χ4v) is 3.06. The molecule has 0 aliphatic carbocycles. The van der Waals surface area contributed by atoms with Crippen molar-refractivity contribution in [2.24, 2.45) is 0 Å². The smallest absolute Gasteiger partial charge is 0.200 e. The molecule has 27 heavy (non-hydrogen) atoms. The second kappa shape index (κ2) is 6.50. The van der Waals surface area contributed by atoms with Crippen LogP contribution in [0.4, 0.5) is 22.0 Å². The van der Waals surface area contributed by atoms with Gasteiger partial charge in [-0.2, -0.15) is 0 Å². The lowest BCUT2D eigenvalue weighted by Crippen LogP contribution is -2.03. The summed E-state index contributed by atoms with van der Waals surface area (Å²) >= 11 is 0. The fraction of sp³-hybridized carbons (Fsp3) is 0. The fourth-order valence-electron chi connectivity index (χ4n) is 3.06. The third-order valence-electron chi connectivity index (χ3n) is 4.47. The Morgan fingerprint density at radius 1 is 0.407 bits per heavy atom. The van der Waals surface area contributed by atoms with Crippen molar-refractivity contribution in [3.63, 3.8) is 0 Å². The summed E-state index contributed by atoms with van der Waals surface area (Å²) in [5.41, 5.74) is 0.606. The molecule has 0 aliphatic rings.